The van der Waals surface area contributed by atoms with Crippen molar-refractivity contribution in [1.29, 1.82) is 0 Å². The van der Waals surface area contributed by atoms with Crippen LogP contribution >= 0.6 is 0 Å². The number of amides is 2. The number of rotatable bonds is 2. The van der Waals surface area contributed by atoms with Crippen LogP contribution in [0.1, 0.15) is 25.7 Å². The average molecular weight is 350 g/mol. The Labute approximate surface area is 144 Å². The van der Waals surface area contributed by atoms with Crippen molar-refractivity contribution in [2.24, 2.45) is 5.92 Å². The second-order valence-electron chi connectivity index (χ2n) is 7.13. The first-order chi connectivity index (χ1) is 11.9. The number of hydrogen-bond donors (Lipinski definition) is 0. The number of likely N-dealkylation sites (tertiary alicyclic amines) is 1. The molecular formula is C18H20F2N2O3. The number of halogens is 2. The minimum atomic E-state index is -3.85. The van der Waals surface area contributed by atoms with E-state index < -0.39 is 17.6 Å². The SMILES string of the molecule is O=C(C1CC1)N1CCC2(CC1)CN(c1ccccc1)C(=O)C(F)(F)O2. The van der Waals surface area contributed by atoms with Gasteiger partial charge in [-0.2, -0.15) is 8.78 Å². The molecule has 0 unspecified atom stereocenters. The van der Waals surface area contributed by atoms with E-state index in [1.807, 2.05) is 0 Å². The first-order valence-corrected chi connectivity index (χ1v) is 8.64. The molecule has 0 N–H and O–H groups in total. The maximum Gasteiger partial charge on any atom is 0.437 e. The Hall–Kier alpha value is -2.02. The summed E-state index contributed by atoms with van der Waals surface area (Å²) in [4.78, 5) is 27.2. The van der Waals surface area contributed by atoms with Gasteiger partial charge in [-0.3, -0.25) is 9.59 Å². The number of morpholine rings is 1. The average Bonchev–Trinajstić information content (AvgIpc) is 3.44. The Kier molecular flexibility index (Phi) is 3.79. The summed E-state index contributed by atoms with van der Waals surface area (Å²) in [5.41, 5.74) is -0.681. The molecule has 1 spiro atoms. The highest BCUT2D eigenvalue weighted by atomic mass is 19.3. The number of carbonyl (C=O) groups is 2. The fourth-order valence-corrected chi connectivity index (χ4v) is 3.66. The minimum absolute atomic E-state index is 0.0803. The molecule has 134 valence electrons. The number of hydrogen-bond acceptors (Lipinski definition) is 3. The van der Waals surface area contributed by atoms with Crippen LogP contribution in [0.2, 0.25) is 0 Å². The molecule has 2 aliphatic heterocycles. The van der Waals surface area contributed by atoms with Crippen LogP contribution in [0.4, 0.5) is 14.5 Å². The number of alkyl halides is 2. The topological polar surface area (TPSA) is 49.9 Å². The van der Waals surface area contributed by atoms with Gasteiger partial charge in [-0.25, -0.2) is 0 Å². The van der Waals surface area contributed by atoms with Crippen LogP contribution in [0.15, 0.2) is 30.3 Å². The van der Waals surface area contributed by atoms with Gasteiger partial charge in [0.05, 0.1) is 12.1 Å². The van der Waals surface area contributed by atoms with Crippen molar-refractivity contribution in [1.82, 2.24) is 4.90 Å². The lowest BCUT2D eigenvalue weighted by Crippen LogP contribution is -2.65. The van der Waals surface area contributed by atoms with Gasteiger partial charge in [0, 0.05) is 24.7 Å². The van der Waals surface area contributed by atoms with Crippen molar-refractivity contribution in [3.05, 3.63) is 30.3 Å². The zero-order valence-corrected chi connectivity index (χ0v) is 13.8. The molecular weight excluding hydrogens is 330 g/mol. The molecule has 2 heterocycles. The number of anilines is 1. The van der Waals surface area contributed by atoms with E-state index in [4.69, 9.17) is 4.74 Å². The van der Waals surface area contributed by atoms with Crippen LogP contribution in [0.3, 0.4) is 0 Å². The number of para-hydroxylation sites is 1. The number of carbonyl (C=O) groups excluding carboxylic acids is 2. The van der Waals surface area contributed by atoms with Gasteiger partial charge in [-0.05, 0) is 37.8 Å². The fraction of sp³-hybridized carbons (Fsp3) is 0.556. The Morgan fingerprint density at radius 1 is 1.12 bits per heavy atom. The zero-order chi connectivity index (χ0) is 17.7. The van der Waals surface area contributed by atoms with Gasteiger partial charge in [0.2, 0.25) is 5.91 Å². The molecule has 5 nitrogen and oxygen atoms in total. The van der Waals surface area contributed by atoms with Crippen molar-refractivity contribution in [2.45, 2.75) is 37.4 Å². The Bertz CT molecular complexity index is 683. The highest BCUT2D eigenvalue weighted by molar-refractivity contribution is 5.98. The van der Waals surface area contributed by atoms with Crippen LogP contribution in [0, 0.1) is 5.92 Å². The molecule has 1 saturated carbocycles. The Morgan fingerprint density at radius 2 is 1.76 bits per heavy atom. The lowest BCUT2D eigenvalue weighted by molar-refractivity contribution is -0.292. The summed E-state index contributed by atoms with van der Waals surface area (Å²) in [6.07, 6.45) is -1.40. The molecule has 2 saturated heterocycles. The molecule has 3 fully saturated rings. The van der Waals surface area contributed by atoms with E-state index in [9.17, 15) is 18.4 Å². The van der Waals surface area contributed by atoms with E-state index in [0.717, 1.165) is 17.7 Å². The molecule has 1 aliphatic carbocycles. The lowest BCUT2D eigenvalue weighted by atomic mass is 9.88. The van der Waals surface area contributed by atoms with Crippen LogP contribution in [0.25, 0.3) is 0 Å². The molecule has 4 rings (SSSR count). The van der Waals surface area contributed by atoms with E-state index in [-0.39, 0.29) is 18.4 Å². The van der Waals surface area contributed by atoms with Crippen molar-refractivity contribution in [2.75, 3.05) is 24.5 Å². The summed E-state index contributed by atoms with van der Waals surface area (Å²) < 4.78 is 33.5. The number of ether oxygens (including phenoxy) is 1. The molecule has 3 aliphatic rings. The molecule has 25 heavy (non-hydrogen) atoms. The van der Waals surface area contributed by atoms with E-state index in [0.29, 0.717) is 31.6 Å². The standard InChI is InChI=1S/C18H20F2N2O3/c19-18(20)16(24)22(14-4-2-1-3-5-14)12-17(25-18)8-10-21(11-9-17)15(23)13-6-7-13/h1-5,13H,6-12H2. The predicted molar refractivity (Wildman–Crippen MR) is 86.1 cm³/mol. The number of nitrogens with zero attached hydrogens (tertiary/aromatic N) is 2. The van der Waals surface area contributed by atoms with Crippen LogP contribution < -0.4 is 4.90 Å². The first-order valence-electron chi connectivity index (χ1n) is 8.64. The highest BCUT2D eigenvalue weighted by Gasteiger charge is 2.57. The quantitative estimate of drug-likeness (QED) is 0.823. The molecule has 0 radical (unpaired) electrons. The molecule has 0 bridgehead atoms. The minimum Gasteiger partial charge on any atom is -0.342 e. The second kappa shape index (κ2) is 5.76. The normalized spacial score (nSPS) is 25.3. The van der Waals surface area contributed by atoms with Gasteiger partial charge in [-0.15, -0.1) is 0 Å². The van der Waals surface area contributed by atoms with Crippen molar-refractivity contribution < 1.29 is 23.1 Å². The van der Waals surface area contributed by atoms with Crippen molar-refractivity contribution in [3.8, 4) is 0 Å². The van der Waals surface area contributed by atoms with Gasteiger partial charge >= 0.3 is 12.0 Å². The van der Waals surface area contributed by atoms with E-state index in [1.165, 1.54) is 0 Å². The zero-order valence-electron chi connectivity index (χ0n) is 13.8. The summed E-state index contributed by atoms with van der Waals surface area (Å²) in [7, 11) is 0. The van der Waals surface area contributed by atoms with Gasteiger partial charge in [0.25, 0.3) is 0 Å². The Morgan fingerprint density at radius 3 is 2.36 bits per heavy atom. The summed E-state index contributed by atoms with van der Waals surface area (Å²) in [6.45, 7) is 0.862. The van der Waals surface area contributed by atoms with Gasteiger partial charge < -0.3 is 14.5 Å². The maximum atomic E-state index is 14.3. The molecule has 1 aromatic rings. The fourth-order valence-electron chi connectivity index (χ4n) is 3.66. The summed E-state index contributed by atoms with van der Waals surface area (Å²) >= 11 is 0. The number of piperidine rings is 1. The number of benzene rings is 1. The van der Waals surface area contributed by atoms with Crippen molar-refractivity contribution in [3.63, 3.8) is 0 Å². The predicted octanol–water partition coefficient (Wildman–Crippen LogP) is 2.41. The Balaban J connectivity index is 1.54. The molecule has 0 atom stereocenters. The molecule has 1 aromatic carbocycles. The monoisotopic (exact) mass is 350 g/mol. The van der Waals surface area contributed by atoms with Gasteiger partial charge in [0.15, 0.2) is 0 Å². The highest BCUT2D eigenvalue weighted by Crippen LogP contribution is 2.41. The van der Waals surface area contributed by atoms with Crippen LogP contribution in [-0.2, 0) is 14.3 Å². The van der Waals surface area contributed by atoms with Crippen molar-refractivity contribution >= 4 is 17.5 Å². The third-order valence-electron chi connectivity index (χ3n) is 5.27. The van der Waals surface area contributed by atoms with E-state index >= 15 is 0 Å². The molecule has 0 aromatic heterocycles. The third-order valence-corrected chi connectivity index (χ3v) is 5.27. The van der Waals surface area contributed by atoms with Crippen LogP contribution in [0.5, 0.6) is 0 Å². The van der Waals surface area contributed by atoms with E-state index in [1.54, 1.807) is 35.2 Å². The smallest absolute Gasteiger partial charge is 0.342 e. The second-order valence-corrected chi connectivity index (χ2v) is 7.13. The van der Waals surface area contributed by atoms with Gasteiger partial charge in [0.1, 0.15) is 0 Å². The largest absolute Gasteiger partial charge is 0.437 e. The van der Waals surface area contributed by atoms with Gasteiger partial charge in [-0.1, -0.05) is 18.2 Å². The molecule has 7 heteroatoms. The first kappa shape index (κ1) is 16.4. The van der Waals surface area contributed by atoms with E-state index in [2.05, 4.69) is 0 Å². The summed E-state index contributed by atoms with van der Waals surface area (Å²) in [5, 5.41) is 0. The molecule has 2 amide bonds. The third kappa shape index (κ3) is 3.01. The summed E-state index contributed by atoms with van der Waals surface area (Å²) in [5.74, 6) is -1.10. The van der Waals surface area contributed by atoms with Crippen LogP contribution in [-0.4, -0.2) is 48.1 Å². The lowest BCUT2D eigenvalue weighted by Gasteiger charge is -2.48. The summed E-state index contributed by atoms with van der Waals surface area (Å²) in [6, 6.07) is 8.46. The maximum absolute atomic E-state index is 14.3.